The first-order valence-electron chi connectivity index (χ1n) is 8.93. The smallest absolute Gasteiger partial charge is 0.327 e. The van der Waals surface area contributed by atoms with Crippen LogP contribution in [0, 0.1) is 0 Å². The number of hydrogen-bond donors (Lipinski definition) is 0. The summed E-state index contributed by atoms with van der Waals surface area (Å²) in [6, 6.07) is 4.21. The number of rotatable bonds is 7. The predicted molar refractivity (Wildman–Crippen MR) is 111 cm³/mol. The maximum atomic E-state index is 12.1. The van der Waals surface area contributed by atoms with Crippen LogP contribution in [0.2, 0.25) is 0 Å². The Hall–Kier alpha value is -1.42. The van der Waals surface area contributed by atoms with Crippen LogP contribution in [-0.2, 0) is 29.2 Å². The van der Waals surface area contributed by atoms with E-state index >= 15 is 0 Å². The Morgan fingerprint density at radius 3 is 2.11 bits per heavy atom. The fourth-order valence-electron chi connectivity index (χ4n) is 2.46. The largest absolute Gasteiger partial charge is 0.496 e. The minimum Gasteiger partial charge on any atom is -0.496 e. The van der Waals surface area contributed by atoms with Gasteiger partial charge in [0.1, 0.15) is 12.4 Å². The van der Waals surface area contributed by atoms with Gasteiger partial charge in [0.15, 0.2) is 5.78 Å². The second kappa shape index (κ2) is 8.72. The fourth-order valence-corrected chi connectivity index (χ4v) is 2.92. The number of hydrogen-bond acceptors (Lipinski definition) is 5. The molecule has 0 N–H and O–H groups in total. The van der Waals surface area contributed by atoms with Crippen molar-refractivity contribution in [2.24, 2.45) is 0 Å². The van der Waals surface area contributed by atoms with Gasteiger partial charge >= 0.3 is 7.60 Å². The topological polar surface area (TPSA) is 61.8 Å². The first-order chi connectivity index (χ1) is 12.2. The van der Waals surface area contributed by atoms with Gasteiger partial charge in [-0.25, -0.2) is 0 Å². The van der Waals surface area contributed by atoms with Crippen molar-refractivity contribution in [2.45, 2.75) is 52.4 Å². The fraction of sp³-hybridized carbons (Fsp3) is 0.571. The van der Waals surface area contributed by atoms with Crippen LogP contribution in [0.5, 0.6) is 5.75 Å². The standard InChI is InChI=1S/C21H33O5P/c1-20(2,3)16-12-15(19(24-7)18(13-16)21(4,5)6)10-11-17(22)14-26-27(9,23)25-8/h10-13H,14H2,1-9H3. The number of carbonyl (C=O) groups excluding carboxylic acids is 1. The van der Waals surface area contributed by atoms with E-state index in [0.717, 1.165) is 22.4 Å². The molecule has 5 nitrogen and oxygen atoms in total. The molecule has 0 fully saturated rings. The maximum absolute atomic E-state index is 12.1. The molecule has 6 heteroatoms. The van der Waals surface area contributed by atoms with E-state index in [1.54, 1.807) is 13.2 Å². The monoisotopic (exact) mass is 396 g/mol. The molecule has 27 heavy (non-hydrogen) atoms. The zero-order valence-corrected chi connectivity index (χ0v) is 18.9. The zero-order valence-electron chi connectivity index (χ0n) is 18.0. The number of ketones is 1. The summed E-state index contributed by atoms with van der Waals surface area (Å²) >= 11 is 0. The van der Waals surface area contributed by atoms with Gasteiger partial charge in [0, 0.05) is 24.9 Å². The average molecular weight is 396 g/mol. The number of carbonyl (C=O) groups is 1. The molecule has 152 valence electrons. The van der Waals surface area contributed by atoms with E-state index in [1.807, 2.05) is 6.07 Å². The summed E-state index contributed by atoms with van der Waals surface area (Å²) in [6.45, 7) is 13.9. The minimum atomic E-state index is -3.18. The Balaban J connectivity index is 3.29. The molecule has 0 heterocycles. The molecule has 0 aliphatic heterocycles. The van der Waals surface area contributed by atoms with Crippen LogP contribution >= 0.6 is 7.60 Å². The molecule has 0 amide bonds. The Labute approximate surface area is 163 Å². The highest BCUT2D eigenvalue weighted by Gasteiger charge is 2.25. The lowest BCUT2D eigenvalue weighted by molar-refractivity contribution is -0.116. The Morgan fingerprint density at radius 2 is 1.67 bits per heavy atom. The first kappa shape index (κ1) is 23.6. The molecule has 0 aliphatic carbocycles. The molecule has 0 radical (unpaired) electrons. The quantitative estimate of drug-likeness (QED) is 0.459. The lowest BCUT2D eigenvalue weighted by atomic mass is 9.79. The van der Waals surface area contributed by atoms with E-state index in [1.165, 1.54) is 19.9 Å². The lowest BCUT2D eigenvalue weighted by Crippen LogP contribution is -2.18. The van der Waals surface area contributed by atoms with Crippen LogP contribution in [0.1, 0.15) is 58.2 Å². The molecular weight excluding hydrogens is 363 g/mol. The second-order valence-corrected chi connectivity index (χ2v) is 10.8. The molecule has 1 rings (SSSR count). The SMILES string of the molecule is COc1c(C=CC(=O)COP(C)(=O)OC)cc(C(C)(C)C)cc1C(C)(C)C. The van der Waals surface area contributed by atoms with Crippen molar-refractivity contribution >= 4 is 19.5 Å². The van der Waals surface area contributed by atoms with Gasteiger partial charge in [-0.3, -0.25) is 9.36 Å². The summed E-state index contributed by atoms with van der Waals surface area (Å²) in [6.07, 6.45) is 3.15. The van der Waals surface area contributed by atoms with Crippen molar-refractivity contribution in [1.82, 2.24) is 0 Å². The summed E-state index contributed by atoms with van der Waals surface area (Å²) in [5.41, 5.74) is 2.91. The maximum Gasteiger partial charge on any atom is 0.327 e. The molecule has 1 aromatic carbocycles. The van der Waals surface area contributed by atoms with E-state index in [9.17, 15) is 9.36 Å². The van der Waals surface area contributed by atoms with Crippen molar-refractivity contribution in [3.05, 3.63) is 34.9 Å². The normalized spacial score (nSPS) is 15.0. The molecular formula is C21H33O5P. The van der Waals surface area contributed by atoms with Crippen LogP contribution in [0.4, 0.5) is 0 Å². The summed E-state index contributed by atoms with van der Waals surface area (Å²) in [5, 5.41) is 0. The van der Waals surface area contributed by atoms with Gasteiger partial charge in [-0.05, 0) is 34.6 Å². The van der Waals surface area contributed by atoms with E-state index in [0.29, 0.717) is 0 Å². The van der Waals surface area contributed by atoms with Gasteiger partial charge in [-0.2, -0.15) is 0 Å². The van der Waals surface area contributed by atoms with Crippen LogP contribution in [0.15, 0.2) is 18.2 Å². The molecule has 1 unspecified atom stereocenters. The third-order valence-corrected chi connectivity index (χ3v) is 5.48. The van der Waals surface area contributed by atoms with Crippen molar-refractivity contribution in [2.75, 3.05) is 27.5 Å². The third-order valence-electron chi connectivity index (χ3n) is 4.22. The van der Waals surface area contributed by atoms with Gasteiger partial charge in [0.25, 0.3) is 0 Å². The minimum absolute atomic E-state index is 0.0463. The number of ether oxygens (including phenoxy) is 1. The van der Waals surface area contributed by atoms with E-state index < -0.39 is 7.60 Å². The molecule has 0 aliphatic rings. The van der Waals surface area contributed by atoms with E-state index in [-0.39, 0.29) is 23.2 Å². The summed E-state index contributed by atoms with van der Waals surface area (Å²) in [4.78, 5) is 12.1. The summed E-state index contributed by atoms with van der Waals surface area (Å²) in [5.74, 6) is 0.452. The van der Waals surface area contributed by atoms with Gasteiger partial charge in [0.05, 0.1) is 7.11 Å². The van der Waals surface area contributed by atoms with Crippen molar-refractivity contribution in [3.8, 4) is 5.75 Å². The highest BCUT2D eigenvalue weighted by Crippen LogP contribution is 2.42. The predicted octanol–water partition coefficient (Wildman–Crippen LogP) is 5.36. The Kier molecular flexibility index (Phi) is 7.63. The van der Waals surface area contributed by atoms with Gasteiger partial charge < -0.3 is 13.8 Å². The van der Waals surface area contributed by atoms with E-state index in [2.05, 4.69) is 47.6 Å². The van der Waals surface area contributed by atoms with Crippen molar-refractivity contribution < 1.29 is 23.1 Å². The van der Waals surface area contributed by atoms with Crippen LogP contribution in [0.25, 0.3) is 6.08 Å². The highest BCUT2D eigenvalue weighted by atomic mass is 31.2. The van der Waals surface area contributed by atoms with E-state index in [4.69, 9.17) is 13.8 Å². The van der Waals surface area contributed by atoms with Gasteiger partial charge in [0.2, 0.25) is 0 Å². The summed E-state index contributed by atoms with van der Waals surface area (Å²) < 4.78 is 27.2. The molecule has 0 aromatic heterocycles. The highest BCUT2D eigenvalue weighted by molar-refractivity contribution is 7.52. The molecule has 0 saturated carbocycles. The summed E-state index contributed by atoms with van der Waals surface area (Å²) in [7, 11) is -0.253. The number of benzene rings is 1. The van der Waals surface area contributed by atoms with Crippen LogP contribution in [-0.4, -0.2) is 33.3 Å². The van der Waals surface area contributed by atoms with Crippen LogP contribution in [0.3, 0.4) is 0 Å². The molecule has 1 atom stereocenters. The van der Waals surface area contributed by atoms with Gasteiger partial charge in [-0.1, -0.05) is 47.6 Å². The molecule has 0 saturated heterocycles. The second-order valence-electron chi connectivity index (χ2n) is 8.67. The van der Waals surface area contributed by atoms with Crippen molar-refractivity contribution in [3.63, 3.8) is 0 Å². The average Bonchev–Trinajstić information content (AvgIpc) is 2.55. The zero-order chi connectivity index (χ0) is 21.0. The molecule has 1 aromatic rings. The van der Waals surface area contributed by atoms with Crippen LogP contribution < -0.4 is 4.74 Å². The first-order valence-corrected chi connectivity index (χ1v) is 10.9. The third kappa shape index (κ3) is 6.91. The van der Waals surface area contributed by atoms with Gasteiger partial charge in [-0.15, -0.1) is 0 Å². The number of methoxy groups -OCH3 is 1. The molecule has 0 bridgehead atoms. The molecule has 0 spiro atoms. The van der Waals surface area contributed by atoms with Crippen molar-refractivity contribution in [1.29, 1.82) is 0 Å². The lowest BCUT2D eigenvalue weighted by Gasteiger charge is -2.28. The Morgan fingerprint density at radius 1 is 1.07 bits per heavy atom. The Bertz CT molecular complexity index is 751.